The Hall–Kier alpha value is -3.32. The molecule has 1 saturated heterocycles. The standard InChI is InChI=1S/C23H23N5O2/c29-20(16-17-4-2-1-3-5-17)28-11-8-19-21(18-6-9-24-10-7-18)25-23(26-22(19)28)27-12-14-30-15-13-27/h1-7,9-10H,8,11-16H2. The largest absolute Gasteiger partial charge is 0.378 e. The minimum atomic E-state index is 0.0623. The highest BCUT2D eigenvalue weighted by molar-refractivity contribution is 5.97. The number of rotatable bonds is 4. The molecule has 1 fully saturated rings. The van der Waals surface area contributed by atoms with Gasteiger partial charge in [0.2, 0.25) is 11.9 Å². The van der Waals surface area contributed by atoms with Crippen LogP contribution in [0.5, 0.6) is 0 Å². The SMILES string of the molecule is O=C(Cc1ccccc1)N1CCc2c(-c3ccncc3)nc(N3CCOCC3)nc21. The molecule has 4 heterocycles. The summed E-state index contributed by atoms with van der Waals surface area (Å²) in [4.78, 5) is 31.0. The number of pyridine rings is 1. The van der Waals surface area contributed by atoms with E-state index in [1.165, 1.54) is 0 Å². The number of morpholine rings is 1. The van der Waals surface area contributed by atoms with E-state index in [0.29, 0.717) is 32.1 Å². The highest BCUT2D eigenvalue weighted by Crippen LogP contribution is 2.35. The number of ether oxygens (including phenoxy) is 1. The monoisotopic (exact) mass is 401 g/mol. The first-order chi connectivity index (χ1) is 14.8. The molecule has 0 unspecified atom stereocenters. The van der Waals surface area contributed by atoms with Crippen molar-refractivity contribution in [1.82, 2.24) is 15.0 Å². The number of aromatic nitrogens is 3. The first-order valence-corrected chi connectivity index (χ1v) is 10.3. The minimum Gasteiger partial charge on any atom is -0.378 e. The Labute approximate surface area is 175 Å². The summed E-state index contributed by atoms with van der Waals surface area (Å²) in [6.07, 6.45) is 4.65. The molecule has 2 aromatic heterocycles. The van der Waals surface area contributed by atoms with E-state index >= 15 is 0 Å². The maximum Gasteiger partial charge on any atom is 0.232 e. The summed E-state index contributed by atoms with van der Waals surface area (Å²) < 4.78 is 5.48. The molecule has 3 aromatic rings. The Kier molecular flexibility index (Phi) is 5.11. The van der Waals surface area contributed by atoms with Crippen LogP contribution in [0.3, 0.4) is 0 Å². The van der Waals surface area contributed by atoms with E-state index in [1.807, 2.05) is 47.4 Å². The fourth-order valence-corrected chi connectivity index (χ4v) is 4.01. The smallest absolute Gasteiger partial charge is 0.232 e. The molecule has 0 saturated carbocycles. The van der Waals surface area contributed by atoms with Gasteiger partial charge in [0.1, 0.15) is 5.82 Å². The number of anilines is 2. The summed E-state index contributed by atoms with van der Waals surface area (Å²) in [5.74, 6) is 1.45. The third kappa shape index (κ3) is 3.64. The zero-order valence-corrected chi connectivity index (χ0v) is 16.7. The van der Waals surface area contributed by atoms with Crippen molar-refractivity contribution in [1.29, 1.82) is 0 Å². The molecule has 7 heteroatoms. The Balaban J connectivity index is 1.54. The first-order valence-electron chi connectivity index (χ1n) is 10.3. The molecule has 0 aliphatic carbocycles. The number of hydrogen-bond acceptors (Lipinski definition) is 6. The van der Waals surface area contributed by atoms with Crippen LogP contribution in [-0.2, 0) is 22.4 Å². The molecule has 1 aromatic carbocycles. The van der Waals surface area contributed by atoms with Gasteiger partial charge in [-0.2, -0.15) is 4.98 Å². The Morgan fingerprint density at radius 2 is 1.73 bits per heavy atom. The van der Waals surface area contributed by atoms with E-state index in [1.54, 1.807) is 12.4 Å². The predicted molar refractivity (Wildman–Crippen MR) is 114 cm³/mol. The van der Waals surface area contributed by atoms with Crippen LogP contribution in [0.25, 0.3) is 11.3 Å². The zero-order valence-electron chi connectivity index (χ0n) is 16.7. The van der Waals surface area contributed by atoms with Crippen molar-refractivity contribution in [2.45, 2.75) is 12.8 Å². The van der Waals surface area contributed by atoms with Crippen LogP contribution in [-0.4, -0.2) is 53.7 Å². The van der Waals surface area contributed by atoms with Gasteiger partial charge in [0.05, 0.1) is 25.3 Å². The number of benzene rings is 1. The number of amides is 1. The second-order valence-electron chi connectivity index (χ2n) is 7.47. The Morgan fingerprint density at radius 1 is 0.967 bits per heavy atom. The van der Waals surface area contributed by atoms with Crippen molar-refractivity contribution in [2.24, 2.45) is 0 Å². The van der Waals surface area contributed by atoms with E-state index in [0.717, 1.165) is 47.7 Å². The van der Waals surface area contributed by atoms with Crippen LogP contribution in [0.15, 0.2) is 54.9 Å². The maximum atomic E-state index is 13.1. The van der Waals surface area contributed by atoms with Crippen molar-refractivity contribution in [3.63, 3.8) is 0 Å². The van der Waals surface area contributed by atoms with Gasteiger partial charge >= 0.3 is 0 Å². The summed E-state index contributed by atoms with van der Waals surface area (Å²) in [5.41, 5.74) is 3.92. The molecule has 0 N–H and O–H groups in total. The molecule has 0 atom stereocenters. The fourth-order valence-electron chi connectivity index (χ4n) is 4.01. The van der Waals surface area contributed by atoms with Gasteiger partial charge in [-0.1, -0.05) is 30.3 Å². The van der Waals surface area contributed by atoms with Gasteiger partial charge in [0.25, 0.3) is 0 Å². The van der Waals surface area contributed by atoms with Crippen molar-refractivity contribution in [2.75, 3.05) is 42.6 Å². The fraction of sp³-hybridized carbons (Fsp3) is 0.304. The molecular weight excluding hydrogens is 378 g/mol. The van der Waals surface area contributed by atoms with E-state index in [4.69, 9.17) is 14.7 Å². The lowest BCUT2D eigenvalue weighted by Crippen LogP contribution is -2.38. The minimum absolute atomic E-state index is 0.0623. The van der Waals surface area contributed by atoms with Crippen LogP contribution in [0.1, 0.15) is 11.1 Å². The lowest BCUT2D eigenvalue weighted by atomic mass is 10.1. The van der Waals surface area contributed by atoms with Gasteiger partial charge in [-0.05, 0) is 24.1 Å². The third-order valence-electron chi connectivity index (χ3n) is 5.56. The Bertz CT molecular complexity index is 1040. The number of fused-ring (bicyclic) bond motifs is 1. The summed E-state index contributed by atoms with van der Waals surface area (Å²) in [6, 6.07) is 13.8. The van der Waals surface area contributed by atoms with E-state index in [-0.39, 0.29) is 5.91 Å². The molecule has 0 bridgehead atoms. The lowest BCUT2D eigenvalue weighted by Gasteiger charge is -2.28. The second-order valence-corrected chi connectivity index (χ2v) is 7.47. The second kappa shape index (κ2) is 8.20. The molecular formula is C23H23N5O2. The number of carbonyl (C=O) groups is 1. The van der Waals surface area contributed by atoms with Crippen LogP contribution in [0.2, 0.25) is 0 Å². The highest BCUT2D eigenvalue weighted by Gasteiger charge is 2.31. The molecule has 152 valence electrons. The third-order valence-corrected chi connectivity index (χ3v) is 5.56. The van der Waals surface area contributed by atoms with Crippen LogP contribution < -0.4 is 9.80 Å². The van der Waals surface area contributed by atoms with Gasteiger partial charge in [0.15, 0.2) is 0 Å². The quantitative estimate of drug-likeness (QED) is 0.669. The average molecular weight is 401 g/mol. The van der Waals surface area contributed by atoms with Gasteiger partial charge in [0, 0.05) is 43.2 Å². The summed E-state index contributed by atoms with van der Waals surface area (Å²) in [7, 11) is 0. The van der Waals surface area contributed by atoms with Crippen molar-refractivity contribution >= 4 is 17.7 Å². The summed E-state index contributed by atoms with van der Waals surface area (Å²) >= 11 is 0. The van der Waals surface area contributed by atoms with Gasteiger partial charge in [-0.25, -0.2) is 4.98 Å². The first kappa shape index (κ1) is 18.7. The average Bonchev–Trinajstić information content (AvgIpc) is 3.24. The highest BCUT2D eigenvalue weighted by atomic mass is 16.5. The molecule has 2 aliphatic rings. The normalized spacial score (nSPS) is 15.9. The van der Waals surface area contributed by atoms with Gasteiger partial charge in [-0.15, -0.1) is 0 Å². The molecule has 30 heavy (non-hydrogen) atoms. The summed E-state index contributed by atoms with van der Waals surface area (Å²) in [5, 5.41) is 0. The molecule has 5 rings (SSSR count). The van der Waals surface area contributed by atoms with Crippen molar-refractivity contribution < 1.29 is 9.53 Å². The molecule has 0 spiro atoms. The van der Waals surface area contributed by atoms with E-state index in [9.17, 15) is 4.79 Å². The Morgan fingerprint density at radius 3 is 2.50 bits per heavy atom. The zero-order chi connectivity index (χ0) is 20.3. The van der Waals surface area contributed by atoms with Crippen molar-refractivity contribution in [3.8, 4) is 11.3 Å². The summed E-state index contributed by atoms with van der Waals surface area (Å²) in [6.45, 7) is 3.42. The van der Waals surface area contributed by atoms with Gasteiger partial charge < -0.3 is 9.64 Å². The molecule has 2 aliphatic heterocycles. The molecule has 1 amide bonds. The number of nitrogens with zero attached hydrogens (tertiary/aromatic N) is 5. The van der Waals surface area contributed by atoms with Crippen LogP contribution >= 0.6 is 0 Å². The van der Waals surface area contributed by atoms with E-state index in [2.05, 4.69) is 9.88 Å². The van der Waals surface area contributed by atoms with Crippen molar-refractivity contribution in [3.05, 3.63) is 66.0 Å². The number of carbonyl (C=O) groups excluding carboxylic acids is 1. The lowest BCUT2D eigenvalue weighted by molar-refractivity contribution is -0.117. The van der Waals surface area contributed by atoms with E-state index < -0.39 is 0 Å². The predicted octanol–water partition coefficient (Wildman–Crippen LogP) is 2.51. The van der Waals surface area contributed by atoms with Crippen LogP contribution in [0.4, 0.5) is 11.8 Å². The molecule has 0 radical (unpaired) electrons. The van der Waals surface area contributed by atoms with Crippen LogP contribution in [0, 0.1) is 0 Å². The number of hydrogen-bond donors (Lipinski definition) is 0. The maximum absolute atomic E-state index is 13.1. The topological polar surface area (TPSA) is 71.5 Å². The molecule has 7 nitrogen and oxygen atoms in total. The van der Waals surface area contributed by atoms with Gasteiger partial charge in [-0.3, -0.25) is 14.7 Å².